The normalized spacial score (nSPS) is 17.9. The number of nitrogens with zero attached hydrogens (tertiary/aromatic N) is 3. The van der Waals surface area contributed by atoms with Crippen LogP contribution in [0, 0.1) is 11.8 Å². The van der Waals surface area contributed by atoms with Gasteiger partial charge < -0.3 is 15.5 Å². The molecule has 3 N–H and O–H groups in total. The first-order chi connectivity index (χ1) is 16.5. The zero-order valence-electron chi connectivity index (χ0n) is 20.1. The number of aliphatic hydroxyl groups excluding tert-OH is 1. The van der Waals surface area contributed by atoms with Crippen LogP contribution in [0.1, 0.15) is 38.8 Å². The monoisotopic (exact) mass is 520 g/mol. The van der Waals surface area contributed by atoms with Crippen molar-refractivity contribution in [3.8, 4) is 0 Å². The minimum Gasteiger partial charge on any atom is -0.481 e. The molecule has 3 atom stereocenters. The Morgan fingerprint density at radius 3 is 2.34 bits per heavy atom. The highest BCUT2D eigenvalue weighted by Crippen LogP contribution is 2.27. The highest BCUT2D eigenvalue weighted by atomic mass is 35.5. The number of carboxylic acids is 1. The fourth-order valence-corrected chi connectivity index (χ4v) is 4.16. The Kier molecular flexibility index (Phi) is 8.64. The van der Waals surface area contributed by atoms with Crippen LogP contribution in [0.3, 0.4) is 0 Å². The number of carbonyl (C=O) groups excluding carboxylic acids is 1. The summed E-state index contributed by atoms with van der Waals surface area (Å²) in [5, 5.41) is 24.4. The highest BCUT2D eigenvalue weighted by molar-refractivity contribution is 6.31. The maximum Gasteiger partial charge on any atom is 0.330 e. The SMILES string of the molecule is CC(C)Cc1ccc(NC2=NC(O)N([C@H](C)[C@H](C)C(=O)O)C(=O)N2Cc2ccc(Cl)cc2)cc1Cl. The molecule has 0 aromatic heterocycles. The minimum atomic E-state index is -1.56. The van der Waals surface area contributed by atoms with E-state index in [-0.39, 0.29) is 12.5 Å². The van der Waals surface area contributed by atoms with Gasteiger partial charge in [0, 0.05) is 21.8 Å². The van der Waals surface area contributed by atoms with E-state index in [9.17, 15) is 19.8 Å². The smallest absolute Gasteiger partial charge is 0.330 e. The van der Waals surface area contributed by atoms with E-state index in [1.54, 1.807) is 37.3 Å². The number of aliphatic hydroxyl groups is 1. The van der Waals surface area contributed by atoms with Crippen LogP contribution in [0.2, 0.25) is 10.0 Å². The Bertz CT molecular complexity index is 1110. The molecule has 188 valence electrons. The van der Waals surface area contributed by atoms with E-state index in [0.29, 0.717) is 21.7 Å². The second-order valence-corrected chi connectivity index (χ2v) is 9.94. The fourth-order valence-electron chi connectivity index (χ4n) is 3.78. The lowest BCUT2D eigenvalue weighted by Crippen LogP contribution is -2.60. The van der Waals surface area contributed by atoms with Crippen LogP contribution in [-0.2, 0) is 17.8 Å². The van der Waals surface area contributed by atoms with Crippen LogP contribution < -0.4 is 5.32 Å². The van der Waals surface area contributed by atoms with Crippen molar-refractivity contribution >= 4 is 46.8 Å². The summed E-state index contributed by atoms with van der Waals surface area (Å²) < 4.78 is 0. The van der Waals surface area contributed by atoms with Gasteiger partial charge in [-0.15, -0.1) is 0 Å². The summed E-state index contributed by atoms with van der Waals surface area (Å²) >= 11 is 12.5. The van der Waals surface area contributed by atoms with E-state index in [1.165, 1.54) is 11.8 Å². The van der Waals surface area contributed by atoms with Crippen LogP contribution in [0.15, 0.2) is 47.5 Å². The number of halogens is 2. The van der Waals surface area contributed by atoms with Gasteiger partial charge in [-0.3, -0.25) is 14.6 Å². The molecule has 8 nitrogen and oxygen atoms in total. The number of aliphatic imine (C=N–C) groups is 1. The van der Waals surface area contributed by atoms with E-state index in [2.05, 4.69) is 24.2 Å². The third-order valence-electron chi connectivity index (χ3n) is 5.94. The van der Waals surface area contributed by atoms with E-state index < -0.39 is 30.3 Å². The number of anilines is 1. The Morgan fingerprint density at radius 1 is 1.11 bits per heavy atom. The van der Waals surface area contributed by atoms with Gasteiger partial charge in [0.05, 0.1) is 12.5 Å². The topological polar surface area (TPSA) is 105 Å². The molecule has 1 aliphatic rings. The lowest BCUT2D eigenvalue weighted by molar-refractivity contribution is -0.144. The zero-order chi connectivity index (χ0) is 25.9. The summed E-state index contributed by atoms with van der Waals surface area (Å²) in [6, 6.07) is 11.1. The lowest BCUT2D eigenvalue weighted by Gasteiger charge is -2.41. The summed E-state index contributed by atoms with van der Waals surface area (Å²) in [6.07, 6.45) is -0.729. The molecule has 2 amide bonds. The number of hydrogen-bond donors (Lipinski definition) is 3. The van der Waals surface area contributed by atoms with Crippen molar-refractivity contribution < 1.29 is 19.8 Å². The molecule has 3 rings (SSSR count). The van der Waals surface area contributed by atoms with Gasteiger partial charge in [-0.05, 0) is 61.6 Å². The van der Waals surface area contributed by atoms with E-state index in [1.807, 2.05) is 12.1 Å². The molecule has 0 bridgehead atoms. The number of nitrogens with one attached hydrogen (secondary N) is 1. The average Bonchev–Trinajstić information content (AvgIpc) is 2.78. The number of hydrogen-bond acceptors (Lipinski definition) is 5. The van der Waals surface area contributed by atoms with E-state index in [4.69, 9.17) is 23.2 Å². The molecule has 0 spiro atoms. The van der Waals surface area contributed by atoms with Gasteiger partial charge in [0.1, 0.15) is 0 Å². The lowest BCUT2D eigenvalue weighted by atomic mass is 10.0. The maximum absolute atomic E-state index is 13.5. The number of amides is 2. The van der Waals surface area contributed by atoms with Gasteiger partial charge in [0.2, 0.25) is 12.3 Å². The Balaban J connectivity index is 1.95. The first-order valence-corrected chi connectivity index (χ1v) is 12.1. The predicted molar refractivity (Wildman–Crippen MR) is 138 cm³/mol. The number of aliphatic carboxylic acids is 1. The summed E-state index contributed by atoms with van der Waals surface area (Å²) in [7, 11) is 0. The quantitative estimate of drug-likeness (QED) is 0.438. The molecule has 10 heteroatoms. The zero-order valence-corrected chi connectivity index (χ0v) is 21.6. The van der Waals surface area contributed by atoms with Crippen molar-refractivity contribution in [2.24, 2.45) is 16.8 Å². The van der Waals surface area contributed by atoms with Crippen molar-refractivity contribution in [3.05, 3.63) is 63.6 Å². The van der Waals surface area contributed by atoms with Gasteiger partial charge in [0.25, 0.3) is 0 Å². The van der Waals surface area contributed by atoms with Gasteiger partial charge in [-0.1, -0.05) is 55.2 Å². The van der Waals surface area contributed by atoms with Gasteiger partial charge >= 0.3 is 12.0 Å². The van der Waals surface area contributed by atoms with Gasteiger partial charge in [-0.25, -0.2) is 4.79 Å². The number of carbonyl (C=O) groups is 2. The van der Waals surface area contributed by atoms with Crippen molar-refractivity contribution in [1.82, 2.24) is 9.80 Å². The van der Waals surface area contributed by atoms with Crippen molar-refractivity contribution in [1.29, 1.82) is 0 Å². The molecular formula is C25H30Cl2N4O4. The Morgan fingerprint density at radius 2 is 1.77 bits per heavy atom. The third kappa shape index (κ3) is 6.45. The molecular weight excluding hydrogens is 491 g/mol. The summed E-state index contributed by atoms with van der Waals surface area (Å²) in [5.74, 6) is -1.43. The largest absolute Gasteiger partial charge is 0.481 e. The number of benzene rings is 2. The maximum atomic E-state index is 13.5. The molecule has 2 aromatic rings. The summed E-state index contributed by atoms with van der Waals surface area (Å²) in [4.78, 5) is 31.8. The molecule has 0 radical (unpaired) electrons. The van der Waals surface area contributed by atoms with E-state index >= 15 is 0 Å². The first kappa shape index (κ1) is 26.8. The Hall–Kier alpha value is -2.81. The second-order valence-electron chi connectivity index (χ2n) is 9.10. The molecule has 1 aliphatic heterocycles. The van der Waals surface area contributed by atoms with Crippen LogP contribution in [-0.4, -0.2) is 50.4 Å². The standard InChI is InChI=1S/C25H30Cl2N4O4/c1-14(2)11-18-7-10-20(12-21(18)27)28-23-29-24(34)31(16(4)15(3)22(32)33)25(35)30(23)13-17-5-8-19(26)9-6-17/h5-10,12,14-16,24,34H,11,13H2,1-4H3,(H,28,29)(H,32,33)/t15-,16+,24?/m0/s1. The summed E-state index contributed by atoms with van der Waals surface area (Å²) in [6.45, 7) is 7.40. The molecule has 0 aliphatic carbocycles. The van der Waals surface area contributed by atoms with Crippen molar-refractivity contribution in [3.63, 3.8) is 0 Å². The first-order valence-electron chi connectivity index (χ1n) is 11.4. The van der Waals surface area contributed by atoms with Crippen LogP contribution in [0.5, 0.6) is 0 Å². The number of carboxylic acid groups (broad SMARTS) is 1. The summed E-state index contributed by atoms with van der Waals surface area (Å²) in [5.41, 5.74) is 2.38. The minimum absolute atomic E-state index is 0.122. The van der Waals surface area contributed by atoms with Crippen molar-refractivity contribution in [2.75, 3.05) is 5.32 Å². The van der Waals surface area contributed by atoms with Crippen LogP contribution >= 0.6 is 23.2 Å². The number of rotatable bonds is 8. The number of guanidine groups is 1. The van der Waals surface area contributed by atoms with Gasteiger partial charge in [-0.2, -0.15) is 4.99 Å². The van der Waals surface area contributed by atoms with Crippen molar-refractivity contribution in [2.45, 2.75) is 53.1 Å². The molecule has 1 heterocycles. The van der Waals surface area contributed by atoms with Crippen LogP contribution in [0.4, 0.5) is 10.5 Å². The molecule has 35 heavy (non-hydrogen) atoms. The number of urea groups is 1. The molecule has 0 saturated heterocycles. The fraction of sp³-hybridized carbons (Fsp3) is 0.400. The molecule has 2 aromatic carbocycles. The van der Waals surface area contributed by atoms with Gasteiger partial charge in [0.15, 0.2) is 0 Å². The second kappa shape index (κ2) is 11.3. The molecule has 0 saturated carbocycles. The predicted octanol–water partition coefficient (Wildman–Crippen LogP) is 5.28. The molecule has 0 fully saturated rings. The van der Waals surface area contributed by atoms with Crippen LogP contribution in [0.25, 0.3) is 0 Å². The molecule has 1 unspecified atom stereocenters. The highest BCUT2D eigenvalue weighted by Gasteiger charge is 2.40. The third-order valence-corrected chi connectivity index (χ3v) is 6.54. The average molecular weight is 521 g/mol. The van der Waals surface area contributed by atoms with E-state index in [0.717, 1.165) is 22.4 Å². The Labute approximate surface area is 215 Å².